The minimum Gasteiger partial charge on any atom is -0.336 e. The van der Waals surface area contributed by atoms with E-state index in [0.717, 1.165) is 5.56 Å². The highest BCUT2D eigenvalue weighted by molar-refractivity contribution is 6.31. The summed E-state index contributed by atoms with van der Waals surface area (Å²) in [5, 5.41) is 5.91. The molecule has 8 heteroatoms. The maximum absolute atomic E-state index is 13.2. The number of carbonyl (C=O) groups excluding carboxylic acids is 2. The van der Waals surface area contributed by atoms with E-state index in [4.69, 9.17) is 11.6 Å². The summed E-state index contributed by atoms with van der Waals surface area (Å²) in [6, 6.07) is 11.1. The molecule has 160 valence electrons. The molecule has 0 radical (unpaired) electrons. The van der Waals surface area contributed by atoms with Gasteiger partial charge >= 0.3 is 6.03 Å². The largest absolute Gasteiger partial charge is 0.336 e. The van der Waals surface area contributed by atoms with Crippen LogP contribution in [0.5, 0.6) is 0 Å². The quantitative estimate of drug-likeness (QED) is 0.751. The Labute approximate surface area is 181 Å². The van der Waals surface area contributed by atoms with Crippen LogP contribution >= 0.6 is 11.6 Å². The van der Waals surface area contributed by atoms with Crippen LogP contribution in [0.4, 0.5) is 14.9 Å². The molecular weight excluding hydrogens is 407 g/mol. The van der Waals surface area contributed by atoms with Gasteiger partial charge in [0.05, 0.1) is 0 Å². The molecule has 1 fully saturated rings. The Morgan fingerprint density at radius 2 is 1.73 bits per heavy atom. The third kappa shape index (κ3) is 5.93. The maximum atomic E-state index is 13.2. The molecule has 1 aliphatic heterocycles. The number of halogens is 2. The van der Waals surface area contributed by atoms with Gasteiger partial charge in [0.2, 0.25) is 0 Å². The summed E-state index contributed by atoms with van der Waals surface area (Å²) in [7, 11) is 0. The second-order valence-electron chi connectivity index (χ2n) is 7.63. The first-order valence-electron chi connectivity index (χ1n) is 9.95. The molecule has 6 nitrogen and oxygen atoms in total. The van der Waals surface area contributed by atoms with E-state index in [2.05, 4.69) is 15.5 Å². The lowest BCUT2D eigenvalue weighted by Gasteiger charge is -2.35. The van der Waals surface area contributed by atoms with Gasteiger partial charge in [-0.25, -0.2) is 9.18 Å². The zero-order valence-electron chi connectivity index (χ0n) is 17.1. The predicted octanol–water partition coefficient (Wildman–Crippen LogP) is 3.97. The molecule has 3 rings (SSSR count). The normalized spacial score (nSPS) is 14.6. The molecule has 1 aliphatic rings. The van der Waals surface area contributed by atoms with Gasteiger partial charge < -0.3 is 15.5 Å². The second-order valence-corrected chi connectivity index (χ2v) is 8.04. The van der Waals surface area contributed by atoms with Crippen molar-refractivity contribution >= 4 is 29.2 Å². The Bertz CT molecular complexity index is 897. The fourth-order valence-electron chi connectivity index (χ4n) is 3.31. The summed E-state index contributed by atoms with van der Waals surface area (Å²) in [4.78, 5) is 28.6. The molecular formula is C22H26ClFN4O2. The topological polar surface area (TPSA) is 64.7 Å². The van der Waals surface area contributed by atoms with Crippen LogP contribution < -0.4 is 10.6 Å². The molecule has 0 atom stereocenters. The zero-order valence-corrected chi connectivity index (χ0v) is 17.9. The smallest absolute Gasteiger partial charge is 0.319 e. The second kappa shape index (κ2) is 9.91. The highest BCUT2D eigenvalue weighted by atomic mass is 35.5. The molecule has 2 aromatic rings. The zero-order chi connectivity index (χ0) is 21.7. The number of benzene rings is 2. The number of anilines is 1. The number of urea groups is 1. The Kier molecular flexibility index (Phi) is 7.29. The van der Waals surface area contributed by atoms with Crippen molar-refractivity contribution in [2.24, 2.45) is 0 Å². The highest BCUT2D eigenvalue weighted by Gasteiger charge is 2.22. The minimum atomic E-state index is -0.346. The molecule has 2 aromatic carbocycles. The summed E-state index contributed by atoms with van der Waals surface area (Å²) < 4.78 is 13.2. The summed E-state index contributed by atoms with van der Waals surface area (Å²) in [5.74, 6) is -0.381. The van der Waals surface area contributed by atoms with Crippen molar-refractivity contribution in [1.82, 2.24) is 15.1 Å². The SMILES string of the molecule is CC(C)NC(=O)Nc1ccc(C(=O)N2CCN(Cc3ccc(F)cc3Cl)CC2)cc1. The molecule has 0 saturated carbocycles. The third-order valence-corrected chi connectivity index (χ3v) is 5.23. The third-order valence-electron chi connectivity index (χ3n) is 4.88. The molecule has 0 aromatic heterocycles. The lowest BCUT2D eigenvalue weighted by Crippen LogP contribution is -2.48. The Morgan fingerprint density at radius 1 is 1.07 bits per heavy atom. The van der Waals surface area contributed by atoms with E-state index in [-0.39, 0.29) is 23.8 Å². The number of carbonyl (C=O) groups is 2. The van der Waals surface area contributed by atoms with Gasteiger partial charge in [0, 0.05) is 55.0 Å². The number of piperazine rings is 1. The van der Waals surface area contributed by atoms with E-state index >= 15 is 0 Å². The standard InChI is InChI=1S/C22H26ClFN4O2/c1-15(2)25-22(30)26-19-7-4-16(5-8-19)21(29)28-11-9-27(10-12-28)14-17-3-6-18(24)13-20(17)23/h3-8,13,15H,9-12,14H2,1-2H3,(H2,25,26,30). The number of nitrogens with zero attached hydrogens (tertiary/aromatic N) is 2. The van der Waals surface area contributed by atoms with E-state index in [1.807, 2.05) is 18.7 Å². The Balaban J connectivity index is 1.51. The molecule has 3 amide bonds. The van der Waals surface area contributed by atoms with Crippen LogP contribution in [-0.4, -0.2) is 54.0 Å². The van der Waals surface area contributed by atoms with E-state index < -0.39 is 0 Å². The first kappa shape index (κ1) is 22.1. The summed E-state index contributed by atoms with van der Waals surface area (Å²) in [6.45, 7) is 7.04. The van der Waals surface area contributed by atoms with Crippen molar-refractivity contribution in [3.63, 3.8) is 0 Å². The van der Waals surface area contributed by atoms with Gasteiger partial charge in [-0.2, -0.15) is 0 Å². The fourth-order valence-corrected chi connectivity index (χ4v) is 3.53. The van der Waals surface area contributed by atoms with Crippen LogP contribution in [0.25, 0.3) is 0 Å². The van der Waals surface area contributed by atoms with Crippen molar-refractivity contribution in [3.05, 3.63) is 64.4 Å². The van der Waals surface area contributed by atoms with Crippen LogP contribution in [0.3, 0.4) is 0 Å². The molecule has 0 aliphatic carbocycles. The van der Waals surface area contributed by atoms with Crippen LogP contribution in [-0.2, 0) is 6.54 Å². The summed E-state index contributed by atoms with van der Waals surface area (Å²) >= 11 is 6.12. The van der Waals surface area contributed by atoms with Crippen LogP contribution in [0.15, 0.2) is 42.5 Å². The van der Waals surface area contributed by atoms with E-state index in [0.29, 0.717) is 49.0 Å². The number of amides is 3. The van der Waals surface area contributed by atoms with Crippen LogP contribution in [0.2, 0.25) is 5.02 Å². The Morgan fingerprint density at radius 3 is 2.33 bits per heavy atom. The monoisotopic (exact) mass is 432 g/mol. The van der Waals surface area contributed by atoms with Crippen molar-refractivity contribution in [2.45, 2.75) is 26.4 Å². The lowest BCUT2D eigenvalue weighted by molar-refractivity contribution is 0.0628. The van der Waals surface area contributed by atoms with Crippen molar-refractivity contribution in [3.8, 4) is 0 Å². The molecule has 1 heterocycles. The molecule has 2 N–H and O–H groups in total. The Hall–Kier alpha value is -2.64. The van der Waals surface area contributed by atoms with Crippen LogP contribution in [0, 0.1) is 5.82 Å². The average Bonchev–Trinajstić information content (AvgIpc) is 2.70. The number of nitrogens with one attached hydrogen (secondary N) is 2. The molecule has 0 spiro atoms. The molecule has 0 bridgehead atoms. The molecule has 0 unspecified atom stereocenters. The lowest BCUT2D eigenvalue weighted by atomic mass is 10.1. The van der Waals surface area contributed by atoms with Gasteiger partial charge in [-0.15, -0.1) is 0 Å². The van der Waals surface area contributed by atoms with E-state index in [1.54, 1.807) is 30.3 Å². The first-order valence-corrected chi connectivity index (χ1v) is 10.3. The van der Waals surface area contributed by atoms with Gasteiger partial charge in [-0.1, -0.05) is 17.7 Å². The fraction of sp³-hybridized carbons (Fsp3) is 0.364. The molecule has 30 heavy (non-hydrogen) atoms. The van der Waals surface area contributed by atoms with Gasteiger partial charge in [-0.05, 0) is 55.8 Å². The van der Waals surface area contributed by atoms with Gasteiger partial charge in [-0.3, -0.25) is 9.69 Å². The summed E-state index contributed by atoms with van der Waals surface area (Å²) in [5.41, 5.74) is 2.09. The predicted molar refractivity (Wildman–Crippen MR) is 116 cm³/mol. The average molecular weight is 433 g/mol. The number of hydrogen-bond acceptors (Lipinski definition) is 3. The maximum Gasteiger partial charge on any atom is 0.319 e. The van der Waals surface area contributed by atoms with Gasteiger partial charge in [0.15, 0.2) is 0 Å². The summed E-state index contributed by atoms with van der Waals surface area (Å²) in [6.07, 6.45) is 0. The molecule has 1 saturated heterocycles. The minimum absolute atomic E-state index is 0.0346. The van der Waals surface area contributed by atoms with E-state index in [1.165, 1.54) is 12.1 Å². The van der Waals surface area contributed by atoms with Crippen molar-refractivity contribution in [2.75, 3.05) is 31.5 Å². The first-order chi connectivity index (χ1) is 14.3. The van der Waals surface area contributed by atoms with Crippen molar-refractivity contribution < 1.29 is 14.0 Å². The van der Waals surface area contributed by atoms with Crippen molar-refractivity contribution in [1.29, 1.82) is 0 Å². The van der Waals surface area contributed by atoms with Gasteiger partial charge in [0.1, 0.15) is 5.82 Å². The highest BCUT2D eigenvalue weighted by Crippen LogP contribution is 2.20. The number of rotatable bonds is 5. The van der Waals surface area contributed by atoms with Crippen LogP contribution in [0.1, 0.15) is 29.8 Å². The number of hydrogen-bond donors (Lipinski definition) is 2. The van der Waals surface area contributed by atoms with Gasteiger partial charge in [0.25, 0.3) is 5.91 Å². The van der Waals surface area contributed by atoms with E-state index in [9.17, 15) is 14.0 Å².